The Labute approximate surface area is 108 Å². The van der Waals surface area contributed by atoms with Crippen LogP contribution in [0.4, 0.5) is 0 Å². The monoisotopic (exact) mass is 257 g/mol. The number of likely N-dealkylation sites (tertiary alicyclic amines) is 1. The first kappa shape index (κ1) is 15.0. The number of esters is 1. The van der Waals surface area contributed by atoms with Gasteiger partial charge in [-0.15, -0.1) is 0 Å². The van der Waals surface area contributed by atoms with Gasteiger partial charge in [-0.1, -0.05) is 6.92 Å². The summed E-state index contributed by atoms with van der Waals surface area (Å²) in [6.45, 7) is 4.41. The van der Waals surface area contributed by atoms with Crippen molar-refractivity contribution in [2.75, 3.05) is 33.4 Å². The van der Waals surface area contributed by atoms with Crippen molar-refractivity contribution in [2.45, 2.75) is 32.6 Å². The minimum Gasteiger partial charge on any atom is -0.469 e. The number of rotatable bonds is 6. The van der Waals surface area contributed by atoms with Crippen molar-refractivity contribution in [2.24, 2.45) is 5.92 Å². The van der Waals surface area contributed by atoms with Crippen molar-refractivity contribution in [3.05, 3.63) is 0 Å². The lowest BCUT2D eigenvalue weighted by Crippen LogP contribution is -2.42. The Kier molecular flexibility index (Phi) is 6.72. The third kappa shape index (κ3) is 4.64. The second-order valence-corrected chi connectivity index (χ2v) is 4.56. The van der Waals surface area contributed by atoms with Gasteiger partial charge in [0.15, 0.2) is 0 Å². The molecule has 18 heavy (non-hydrogen) atoms. The van der Waals surface area contributed by atoms with Crippen molar-refractivity contribution < 1.29 is 19.1 Å². The predicted octanol–water partition coefficient (Wildman–Crippen LogP) is 1.21. The minimum absolute atomic E-state index is 0.0692. The smallest absolute Gasteiger partial charge is 0.310 e. The van der Waals surface area contributed by atoms with Gasteiger partial charge < -0.3 is 14.4 Å². The van der Waals surface area contributed by atoms with E-state index in [9.17, 15) is 9.59 Å². The fraction of sp³-hybridized carbons (Fsp3) is 0.846. The SMILES string of the molecule is CCCOCCC(=O)N1CCC[C@H](C(=O)OC)C1. The Morgan fingerprint density at radius 1 is 1.33 bits per heavy atom. The molecule has 1 heterocycles. The highest BCUT2D eigenvalue weighted by molar-refractivity contribution is 5.78. The van der Waals surface area contributed by atoms with Crippen molar-refractivity contribution >= 4 is 11.9 Å². The highest BCUT2D eigenvalue weighted by Crippen LogP contribution is 2.18. The summed E-state index contributed by atoms with van der Waals surface area (Å²) in [7, 11) is 1.39. The first-order valence-corrected chi connectivity index (χ1v) is 6.62. The molecule has 5 nitrogen and oxygen atoms in total. The van der Waals surface area contributed by atoms with Gasteiger partial charge in [0, 0.05) is 19.7 Å². The van der Waals surface area contributed by atoms with Crippen molar-refractivity contribution in [3.63, 3.8) is 0 Å². The van der Waals surface area contributed by atoms with Crippen molar-refractivity contribution in [3.8, 4) is 0 Å². The van der Waals surface area contributed by atoms with E-state index in [1.165, 1.54) is 7.11 Å². The second kappa shape index (κ2) is 8.08. The minimum atomic E-state index is -0.213. The number of methoxy groups -OCH3 is 1. The molecular formula is C13H23NO4. The van der Waals surface area contributed by atoms with E-state index in [0.29, 0.717) is 26.2 Å². The number of piperidine rings is 1. The van der Waals surface area contributed by atoms with Crippen LogP contribution in [0.1, 0.15) is 32.6 Å². The molecule has 0 aromatic carbocycles. The number of hydrogen-bond donors (Lipinski definition) is 0. The van der Waals surface area contributed by atoms with E-state index in [1.807, 2.05) is 6.92 Å². The van der Waals surface area contributed by atoms with Crippen LogP contribution in [0.2, 0.25) is 0 Å². The Hall–Kier alpha value is -1.10. The lowest BCUT2D eigenvalue weighted by molar-refractivity contribution is -0.149. The molecule has 0 spiro atoms. The average molecular weight is 257 g/mol. The molecule has 0 N–H and O–H groups in total. The molecule has 1 fully saturated rings. The number of hydrogen-bond acceptors (Lipinski definition) is 4. The van der Waals surface area contributed by atoms with E-state index in [1.54, 1.807) is 4.90 Å². The molecular weight excluding hydrogens is 234 g/mol. The van der Waals surface area contributed by atoms with Gasteiger partial charge in [0.05, 0.1) is 26.1 Å². The van der Waals surface area contributed by atoms with Crippen LogP contribution in [0, 0.1) is 5.92 Å². The van der Waals surface area contributed by atoms with Gasteiger partial charge in [-0.05, 0) is 19.3 Å². The largest absolute Gasteiger partial charge is 0.469 e. The summed E-state index contributed by atoms with van der Waals surface area (Å²) < 4.78 is 10.0. The van der Waals surface area contributed by atoms with E-state index in [0.717, 1.165) is 25.8 Å². The maximum atomic E-state index is 11.9. The topological polar surface area (TPSA) is 55.8 Å². The lowest BCUT2D eigenvalue weighted by atomic mass is 9.98. The molecule has 0 aromatic rings. The second-order valence-electron chi connectivity index (χ2n) is 4.56. The van der Waals surface area contributed by atoms with Crippen LogP contribution < -0.4 is 0 Å². The maximum Gasteiger partial charge on any atom is 0.310 e. The van der Waals surface area contributed by atoms with Crippen LogP contribution in [-0.2, 0) is 19.1 Å². The van der Waals surface area contributed by atoms with Gasteiger partial charge in [0.2, 0.25) is 5.91 Å². The Bertz CT molecular complexity index is 280. The van der Waals surface area contributed by atoms with Gasteiger partial charge in [0.25, 0.3) is 0 Å². The molecule has 0 aliphatic carbocycles. The summed E-state index contributed by atoms with van der Waals surface area (Å²) in [6.07, 6.45) is 3.03. The number of ether oxygens (including phenoxy) is 2. The van der Waals surface area contributed by atoms with Crippen LogP contribution in [0.15, 0.2) is 0 Å². The first-order valence-electron chi connectivity index (χ1n) is 6.62. The van der Waals surface area contributed by atoms with Crippen LogP contribution >= 0.6 is 0 Å². The normalized spacial score (nSPS) is 19.7. The third-order valence-electron chi connectivity index (χ3n) is 3.12. The Morgan fingerprint density at radius 3 is 2.78 bits per heavy atom. The van der Waals surface area contributed by atoms with Gasteiger partial charge in [0.1, 0.15) is 0 Å². The van der Waals surface area contributed by atoms with Crippen molar-refractivity contribution in [1.82, 2.24) is 4.90 Å². The van der Waals surface area contributed by atoms with E-state index >= 15 is 0 Å². The van der Waals surface area contributed by atoms with E-state index < -0.39 is 0 Å². The summed E-state index contributed by atoms with van der Waals surface area (Å²) in [5.41, 5.74) is 0. The molecule has 1 saturated heterocycles. The number of nitrogens with zero attached hydrogens (tertiary/aromatic N) is 1. The van der Waals surface area contributed by atoms with Gasteiger partial charge in [-0.25, -0.2) is 0 Å². The highest BCUT2D eigenvalue weighted by atomic mass is 16.5. The fourth-order valence-corrected chi connectivity index (χ4v) is 2.13. The summed E-state index contributed by atoms with van der Waals surface area (Å²) >= 11 is 0. The summed E-state index contributed by atoms with van der Waals surface area (Å²) in [5.74, 6) is -0.307. The zero-order valence-corrected chi connectivity index (χ0v) is 11.3. The van der Waals surface area contributed by atoms with Gasteiger partial charge >= 0.3 is 5.97 Å². The summed E-state index contributed by atoms with van der Waals surface area (Å²) in [6, 6.07) is 0. The number of amides is 1. The van der Waals surface area contributed by atoms with Gasteiger partial charge in [-0.3, -0.25) is 9.59 Å². The third-order valence-corrected chi connectivity index (χ3v) is 3.12. The average Bonchev–Trinajstić information content (AvgIpc) is 2.42. The van der Waals surface area contributed by atoms with E-state index in [4.69, 9.17) is 9.47 Å². The fourth-order valence-electron chi connectivity index (χ4n) is 2.13. The quantitative estimate of drug-likeness (QED) is 0.530. The maximum absolute atomic E-state index is 11.9. The molecule has 0 bridgehead atoms. The Balaban J connectivity index is 2.31. The van der Waals surface area contributed by atoms with E-state index in [-0.39, 0.29) is 17.8 Å². The van der Waals surface area contributed by atoms with Crippen LogP contribution in [-0.4, -0.2) is 50.2 Å². The molecule has 1 rings (SSSR count). The van der Waals surface area contributed by atoms with E-state index in [2.05, 4.69) is 0 Å². The zero-order chi connectivity index (χ0) is 13.4. The summed E-state index contributed by atoms with van der Waals surface area (Å²) in [5, 5.41) is 0. The molecule has 1 aliphatic rings. The zero-order valence-electron chi connectivity index (χ0n) is 11.3. The number of carbonyl (C=O) groups excluding carboxylic acids is 2. The molecule has 1 atom stereocenters. The van der Waals surface area contributed by atoms with Crippen LogP contribution in [0.3, 0.4) is 0 Å². The molecule has 1 amide bonds. The molecule has 0 aromatic heterocycles. The first-order chi connectivity index (χ1) is 8.69. The molecule has 1 aliphatic heterocycles. The molecule has 0 radical (unpaired) electrons. The standard InChI is InChI=1S/C13H23NO4/c1-3-8-18-9-6-12(15)14-7-4-5-11(10-14)13(16)17-2/h11H,3-10H2,1-2H3/t11-/m0/s1. The number of carbonyl (C=O) groups is 2. The molecule has 5 heteroatoms. The highest BCUT2D eigenvalue weighted by Gasteiger charge is 2.28. The van der Waals surface area contributed by atoms with Crippen molar-refractivity contribution in [1.29, 1.82) is 0 Å². The Morgan fingerprint density at radius 2 is 2.11 bits per heavy atom. The lowest BCUT2D eigenvalue weighted by Gasteiger charge is -2.31. The summed E-state index contributed by atoms with van der Waals surface area (Å²) in [4.78, 5) is 25.1. The predicted molar refractivity (Wildman–Crippen MR) is 67.0 cm³/mol. The molecule has 104 valence electrons. The van der Waals surface area contributed by atoms with Gasteiger partial charge in [-0.2, -0.15) is 0 Å². The van der Waals surface area contributed by atoms with Crippen LogP contribution in [0.5, 0.6) is 0 Å². The molecule has 0 saturated carbocycles. The van der Waals surface area contributed by atoms with Crippen LogP contribution in [0.25, 0.3) is 0 Å². The molecule has 0 unspecified atom stereocenters.